The van der Waals surface area contributed by atoms with E-state index >= 15 is 0 Å². The van der Waals surface area contributed by atoms with Gasteiger partial charge >= 0.3 is 0 Å². The van der Waals surface area contributed by atoms with Crippen molar-refractivity contribution in [2.45, 2.75) is 6.04 Å². The lowest BCUT2D eigenvalue weighted by atomic mass is 10.0. The summed E-state index contributed by atoms with van der Waals surface area (Å²) in [6.07, 6.45) is 1.77. The molecule has 0 saturated carbocycles. The molecule has 0 bridgehead atoms. The Bertz CT molecular complexity index is 549. The molecule has 2 aromatic rings. The predicted molar refractivity (Wildman–Crippen MR) is 78.3 cm³/mol. The third-order valence-electron chi connectivity index (χ3n) is 2.77. The molecule has 1 N–H and O–H groups in total. The van der Waals surface area contributed by atoms with Crippen LogP contribution in [0.1, 0.15) is 17.3 Å². The highest BCUT2D eigenvalue weighted by molar-refractivity contribution is 9.10. The Morgan fingerprint density at radius 2 is 2.11 bits per heavy atom. The Balaban J connectivity index is 2.52. The van der Waals surface area contributed by atoms with Crippen molar-refractivity contribution in [2.75, 3.05) is 7.05 Å². The van der Waals surface area contributed by atoms with Crippen molar-refractivity contribution in [2.24, 2.45) is 7.05 Å². The number of nitrogens with one attached hydrogen (secondary N) is 1. The van der Waals surface area contributed by atoms with Gasteiger partial charge in [0.1, 0.15) is 0 Å². The van der Waals surface area contributed by atoms with Gasteiger partial charge in [0, 0.05) is 17.1 Å². The fraction of sp³-hybridized carbons (Fsp3) is 0.250. The summed E-state index contributed by atoms with van der Waals surface area (Å²) in [5, 5.41) is 8.72. The van der Waals surface area contributed by atoms with Crippen LogP contribution in [-0.4, -0.2) is 16.8 Å². The molecule has 6 heteroatoms. The maximum atomic E-state index is 6.26. The molecule has 1 aromatic heterocycles. The molecule has 2 rings (SSSR count). The van der Waals surface area contributed by atoms with Gasteiger partial charge in [-0.05, 0) is 40.7 Å². The van der Waals surface area contributed by atoms with Gasteiger partial charge in [-0.1, -0.05) is 29.3 Å². The average molecular weight is 349 g/mol. The van der Waals surface area contributed by atoms with Gasteiger partial charge in [0.05, 0.1) is 22.4 Å². The highest BCUT2D eigenvalue weighted by atomic mass is 79.9. The summed E-state index contributed by atoms with van der Waals surface area (Å²) in [6, 6.07) is 5.45. The standard InChI is InChI=1S/C12H12BrCl2N3/c1-16-11(12-9(13)6-17-18(12)2)8-4-3-7(14)5-10(8)15/h3-6,11,16H,1-2H3. The Morgan fingerprint density at radius 3 is 2.61 bits per heavy atom. The van der Waals surface area contributed by atoms with Crippen LogP contribution in [-0.2, 0) is 7.05 Å². The van der Waals surface area contributed by atoms with Crippen LogP contribution < -0.4 is 5.32 Å². The van der Waals surface area contributed by atoms with Gasteiger partial charge in [-0.2, -0.15) is 5.10 Å². The minimum Gasteiger partial charge on any atom is -0.308 e. The molecule has 0 aliphatic heterocycles. The maximum Gasteiger partial charge on any atom is 0.0771 e. The predicted octanol–water partition coefficient (Wildman–Crippen LogP) is 3.80. The monoisotopic (exact) mass is 347 g/mol. The molecule has 1 atom stereocenters. The van der Waals surface area contributed by atoms with Crippen LogP contribution in [0.2, 0.25) is 10.0 Å². The normalized spacial score (nSPS) is 12.7. The van der Waals surface area contributed by atoms with E-state index in [0.717, 1.165) is 15.7 Å². The molecular formula is C12H12BrCl2N3. The van der Waals surface area contributed by atoms with Gasteiger partial charge < -0.3 is 5.32 Å². The number of rotatable bonds is 3. The molecule has 1 heterocycles. The number of hydrogen-bond acceptors (Lipinski definition) is 2. The summed E-state index contributed by atoms with van der Waals surface area (Å²) >= 11 is 15.7. The second kappa shape index (κ2) is 5.61. The van der Waals surface area contributed by atoms with E-state index in [2.05, 4.69) is 26.3 Å². The van der Waals surface area contributed by atoms with E-state index in [1.807, 2.05) is 30.9 Å². The third-order valence-corrected chi connectivity index (χ3v) is 3.95. The van der Waals surface area contributed by atoms with Crippen molar-refractivity contribution in [3.63, 3.8) is 0 Å². The van der Waals surface area contributed by atoms with Crippen LogP contribution in [0.25, 0.3) is 0 Å². The largest absolute Gasteiger partial charge is 0.308 e. The number of aromatic nitrogens is 2. The average Bonchev–Trinajstić information content (AvgIpc) is 2.64. The SMILES string of the molecule is CNC(c1ccc(Cl)cc1Cl)c1c(Br)cnn1C. The third kappa shape index (κ3) is 2.57. The first kappa shape index (κ1) is 13.9. The Morgan fingerprint density at radius 1 is 1.39 bits per heavy atom. The molecule has 18 heavy (non-hydrogen) atoms. The topological polar surface area (TPSA) is 29.9 Å². The van der Waals surface area contributed by atoms with Gasteiger partial charge in [0.15, 0.2) is 0 Å². The summed E-state index contributed by atoms with van der Waals surface area (Å²) in [5.74, 6) is 0. The zero-order chi connectivity index (χ0) is 13.3. The molecule has 3 nitrogen and oxygen atoms in total. The summed E-state index contributed by atoms with van der Waals surface area (Å²) in [4.78, 5) is 0. The van der Waals surface area contributed by atoms with E-state index in [0.29, 0.717) is 10.0 Å². The molecule has 0 spiro atoms. The zero-order valence-electron chi connectivity index (χ0n) is 9.92. The van der Waals surface area contributed by atoms with Crippen LogP contribution in [0.5, 0.6) is 0 Å². The first-order valence-electron chi connectivity index (χ1n) is 5.34. The van der Waals surface area contributed by atoms with Gasteiger partial charge in [-0.25, -0.2) is 0 Å². The summed E-state index contributed by atoms with van der Waals surface area (Å²) in [6.45, 7) is 0. The Kier molecular flexibility index (Phi) is 4.33. The number of aryl methyl sites for hydroxylation is 1. The molecular weight excluding hydrogens is 337 g/mol. The van der Waals surface area contributed by atoms with Crippen molar-refractivity contribution >= 4 is 39.1 Å². The number of halogens is 3. The summed E-state index contributed by atoms with van der Waals surface area (Å²) in [7, 11) is 3.78. The van der Waals surface area contributed by atoms with E-state index in [1.54, 1.807) is 12.3 Å². The maximum absolute atomic E-state index is 6.26. The smallest absolute Gasteiger partial charge is 0.0771 e. The van der Waals surface area contributed by atoms with E-state index in [-0.39, 0.29) is 6.04 Å². The molecule has 0 amide bonds. The Hall–Kier alpha value is -0.550. The second-order valence-electron chi connectivity index (χ2n) is 3.89. The van der Waals surface area contributed by atoms with Crippen LogP contribution in [0.15, 0.2) is 28.9 Å². The van der Waals surface area contributed by atoms with Crippen molar-refractivity contribution in [1.29, 1.82) is 0 Å². The quantitative estimate of drug-likeness (QED) is 0.914. The fourth-order valence-electron chi connectivity index (χ4n) is 1.92. The summed E-state index contributed by atoms with van der Waals surface area (Å²) < 4.78 is 2.76. The van der Waals surface area contributed by atoms with E-state index < -0.39 is 0 Å². The molecule has 1 unspecified atom stereocenters. The zero-order valence-corrected chi connectivity index (χ0v) is 13.0. The molecule has 0 saturated heterocycles. The number of benzene rings is 1. The minimum absolute atomic E-state index is 0.0448. The molecule has 0 aliphatic rings. The van der Waals surface area contributed by atoms with Crippen LogP contribution >= 0.6 is 39.1 Å². The van der Waals surface area contributed by atoms with Crippen LogP contribution in [0.4, 0.5) is 0 Å². The second-order valence-corrected chi connectivity index (χ2v) is 5.59. The van der Waals surface area contributed by atoms with Crippen molar-refractivity contribution in [3.8, 4) is 0 Å². The first-order chi connectivity index (χ1) is 8.54. The van der Waals surface area contributed by atoms with Gasteiger partial charge in [-0.15, -0.1) is 0 Å². The van der Waals surface area contributed by atoms with Crippen molar-refractivity contribution < 1.29 is 0 Å². The molecule has 0 aliphatic carbocycles. The number of nitrogens with zero attached hydrogens (tertiary/aromatic N) is 2. The van der Waals surface area contributed by atoms with Crippen LogP contribution in [0.3, 0.4) is 0 Å². The van der Waals surface area contributed by atoms with Gasteiger partial charge in [-0.3, -0.25) is 4.68 Å². The fourth-order valence-corrected chi connectivity index (χ4v) is 3.01. The number of hydrogen-bond donors (Lipinski definition) is 1. The lowest BCUT2D eigenvalue weighted by molar-refractivity contribution is 0.604. The van der Waals surface area contributed by atoms with Gasteiger partial charge in [0.25, 0.3) is 0 Å². The lowest BCUT2D eigenvalue weighted by Gasteiger charge is -2.19. The highest BCUT2D eigenvalue weighted by Crippen LogP contribution is 2.33. The molecule has 96 valence electrons. The molecule has 1 aromatic carbocycles. The van der Waals surface area contributed by atoms with Crippen molar-refractivity contribution in [3.05, 3.63) is 50.2 Å². The lowest BCUT2D eigenvalue weighted by Crippen LogP contribution is -2.21. The van der Waals surface area contributed by atoms with E-state index in [4.69, 9.17) is 23.2 Å². The van der Waals surface area contributed by atoms with E-state index in [1.165, 1.54) is 0 Å². The minimum atomic E-state index is -0.0448. The van der Waals surface area contributed by atoms with E-state index in [9.17, 15) is 0 Å². The highest BCUT2D eigenvalue weighted by Gasteiger charge is 2.21. The summed E-state index contributed by atoms with van der Waals surface area (Å²) in [5.41, 5.74) is 1.98. The van der Waals surface area contributed by atoms with Crippen molar-refractivity contribution in [1.82, 2.24) is 15.1 Å². The molecule has 0 fully saturated rings. The van der Waals surface area contributed by atoms with Crippen LogP contribution in [0, 0.1) is 0 Å². The Labute approximate surface area is 124 Å². The first-order valence-corrected chi connectivity index (χ1v) is 6.89. The van der Waals surface area contributed by atoms with Gasteiger partial charge in [0.2, 0.25) is 0 Å². The molecule has 0 radical (unpaired) electrons.